The highest BCUT2D eigenvalue weighted by Crippen LogP contribution is 2.16. The van der Waals surface area contributed by atoms with Crippen LogP contribution in [0.3, 0.4) is 0 Å². The molecule has 0 spiro atoms. The highest BCUT2D eigenvalue weighted by atomic mass is 32.2. The average Bonchev–Trinajstić information content (AvgIpc) is 2.48. The minimum absolute atomic E-state index is 0.114. The topological polar surface area (TPSA) is 86.7 Å². The summed E-state index contributed by atoms with van der Waals surface area (Å²) in [6.45, 7) is 3.62. The van der Waals surface area contributed by atoms with Crippen LogP contribution in [0.1, 0.15) is 71.1 Å². The monoisotopic (exact) mass is 364 g/mol. The van der Waals surface area contributed by atoms with Gasteiger partial charge in [-0.1, -0.05) is 39.0 Å². The molecule has 0 heterocycles. The lowest BCUT2D eigenvalue weighted by atomic mass is 10.1. The van der Waals surface area contributed by atoms with Gasteiger partial charge in [0.15, 0.2) is 0 Å². The Balaban J connectivity index is 3.57. The highest BCUT2D eigenvalue weighted by Gasteiger charge is 2.20. The fraction of sp³-hybridized carbons (Fsp3) is 0.941. The van der Waals surface area contributed by atoms with Gasteiger partial charge in [0.2, 0.25) is 5.91 Å². The van der Waals surface area contributed by atoms with Gasteiger partial charge in [0.1, 0.15) is 0 Å². The summed E-state index contributed by atoms with van der Waals surface area (Å²) in [5.41, 5.74) is 0. The van der Waals surface area contributed by atoms with Crippen molar-refractivity contribution in [2.45, 2.75) is 76.4 Å². The fourth-order valence-corrected chi connectivity index (χ4v) is 3.66. The number of nitrogens with one attached hydrogen (secondary N) is 1. The second-order valence-electron chi connectivity index (χ2n) is 6.74. The maximum absolute atomic E-state index is 11.6. The molecule has 2 N–H and O–H groups in total. The van der Waals surface area contributed by atoms with Gasteiger partial charge in [-0.15, -0.1) is 0 Å². The summed E-state index contributed by atoms with van der Waals surface area (Å²) >= 11 is 0. The maximum atomic E-state index is 11.6. The molecule has 0 aliphatic carbocycles. The van der Waals surface area contributed by atoms with Gasteiger partial charge in [0.25, 0.3) is 10.1 Å². The molecule has 1 amide bonds. The van der Waals surface area contributed by atoms with Crippen molar-refractivity contribution in [2.24, 2.45) is 0 Å². The molecule has 0 saturated carbocycles. The molecular weight excluding hydrogens is 328 g/mol. The van der Waals surface area contributed by atoms with E-state index in [1.807, 2.05) is 21.0 Å². The van der Waals surface area contributed by atoms with Gasteiger partial charge in [-0.2, -0.15) is 8.42 Å². The van der Waals surface area contributed by atoms with Crippen molar-refractivity contribution in [1.29, 1.82) is 0 Å². The van der Waals surface area contributed by atoms with Crippen molar-refractivity contribution in [1.82, 2.24) is 10.2 Å². The minimum atomic E-state index is -3.91. The fourth-order valence-electron chi connectivity index (χ4n) is 2.66. The summed E-state index contributed by atoms with van der Waals surface area (Å²) in [7, 11) is 0.124. The number of nitrogens with zero attached hydrogens (tertiary/aromatic N) is 1. The summed E-state index contributed by atoms with van der Waals surface area (Å²) < 4.78 is 31.6. The zero-order chi connectivity index (χ0) is 18.4. The van der Waals surface area contributed by atoms with E-state index >= 15 is 0 Å². The average molecular weight is 365 g/mol. The number of rotatable bonds is 15. The van der Waals surface area contributed by atoms with Crippen molar-refractivity contribution in [2.75, 3.05) is 27.2 Å². The van der Waals surface area contributed by atoms with Gasteiger partial charge in [0.05, 0.1) is 5.25 Å². The Morgan fingerprint density at radius 3 is 2.25 bits per heavy atom. The van der Waals surface area contributed by atoms with Crippen LogP contribution in [0.25, 0.3) is 0 Å². The van der Waals surface area contributed by atoms with E-state index in [0.717, 1.165) is 58.0 Å². The molecule has 0 saturated heterocycles. The van der Waals surface area contributed by atoms with Crippen LogP contribution in [0, 0.1) is 0 Å². The van der Waals surface area contributed by atoms with Crippen molar-refractivity contribution < 1.29 is 17.8 Å². The SMILES string of the molecule is CCCC(CCCCCCCC(=O)NCCCN(C)C)S(=O)(=O)O. The largest absolute Gasteiger partial charge is 0.356 e. The summed E-state index contributed by atoms with van der Waals surface area (Å²) in [4.78, 5) is 13.7. The van der Waals surface area contributed by atoms with Crippen molar-refractivity contribution in [3.8, 4) is 0 Å². The standard InChI is InChI=1S/C17H36N2O4S/c1-4-11-16(24(21,22)23)12-8-6-5-7-9-13-17(20)18-14-10-15-19(2)3/h16H,4-15H2,1-3H3,(H,18,20)(H,21,22,23). The Morgan fingerprint density at radius 2 is 1.67 bits per heavy atom. The molecule has 0 aliphatic rings. The first-order valence-electron chi connectivity index (χ1n) is 9.15. The lowest BCUT2D eigenvalue weighted by molar-refractivity contribution is -0.121. The quantitative estimate of drug-likeness (QED) is 0.345. The molecule has 0 aliphatic heterocycles. The molecule has 144 valence electrons. The Morgan fingerprint density at radius 1 is 1.04 bits per heavy atom. The van der Waals surface area contributed by atoms with Crippen molar-refractivity contribution in [3.63, 3.8) is 0 Å². The smallest absolute Gasteiger partial charge is 0.267 e. The van der Waals surface area contributed by atoms with Crippen LogP contribution >= 0.6 is 0 Å². The van der Waals surface area contributed by atoms with E-state index < -0.39 is 15.4 Å². The molecule has 0 aromatic heterocycles. The third-order valence-electron chi connectivity index (χ3n) is 4.07. The van der Waals surface area contributed by atoms with Crippen LogP contribution in [0.15, 0.2) is 0 Å². The Labute approximate surface area is 148 Å². The van der Waals surface area contributed by atoms with Crippen LogP contribution in [0.5, 0.6) is 0 Å². The number of carbonyl (C=O) groups excluding carboxylic acids is 1. The number of carbonyl (C=O) groups is 1. The second-order valence-corrected chi connectivity index (χ2v) is 8.44. The zero-order valence-electron chi connectivity index (χ0n) is 15.6. The number of hydrogen-bond donors (Lipinski definition) is 2. The van der Waals surface area contributed by atoms with Crippen LogP contribution in [0.4, 0.5) is 0 Å². The Bertz CT molecular complexity index is 424. The van der Waals surface area contributed by atoms with E-state index in [9.17, 15) is 13.2 Å². The lowest BCUT2D eigenvalue weighted by Crippen LogP contribution is -2.26. The predicted molar refractivity (Wildman–Crippen MR) is 98.7 cm³/mol. The van der Waals surface area contributed by atoms with Gasteiger partial charge in [-0.3, -0.25) is 9.35 Å². The molecule has 6 nitrogen and oxygen atoms in total. The summed E-state index contributed by atoms with van der Waals surface area (Å²) in [5.74, 6) is 0.114. The first-order valence-corrected chi connectivity index (χ1v) is 10.7. The van der Waals surface area contributed by atoms with E-state index in [1.165, 1.54) is 0 Å². The normalized spacial score (nSPS) is 13.2. The van der Waals surface area contributed by atoms with Crippen LogP contribution in [0.2, 0.25) is 0 Å². The molecule has 0 fully saturated rings. The first-order chi connectivity index (χ1) is 11.3. The van der Waals surface area contributed by atoms with Crippen LogP contribution < -0.4 is 5.32 Å². The third kappa shape index (κ3) is 13.7. The van der Waals surface area contributed by atoms with E-state index in [1.54, 1.807) is 0 Å². The first kappa shape index (κ1) is 23.3. The number of amides is 1. The Hall–Kier alpha value is -0.660. The van der Waals surface area contributed by atoms with Gasteiger partial charge < -0.3 is 10.2 Å². The van der Waals surface area contributed by atoms with Gasteiger partial charge >= 0.3 is 0 Å². The molecule has 1 atom stereocenters. The van der Waals surface area contributed by atoms with Crippen molar-refractivity contribution in [3.05, 3.63) is 0 Å². The third-order valence-corrected chi connectivity index (χ3v) is 5.38. The molecule has 0 aromatic rings. The number of hydrogen-bond acceptors (Lipinski definition) is 4. The van der Waals surface area contributed by atoms with Crippen LogP contribution in [-0.2, 0) is 14.9 Å². The predicted octanol–water partition coefficient (Wildman–Crippen LogP) is 2.84. The highest BCUT2D eigenvalue weighted by molar-refractivity contribution is 7.86. The molecule has 7 heteroatoms. The summed E-state index contributed by atoms with van der Waals surface area (Å²) in [5, 5.41) is 2.31. The lowest BCUT2D eigenvalue weighted by Gasteiger charge is -2.12. The van der Waals surface area contributed by atoms with E-state index in [-0.39, 0.29) is 5.91 Å². The van der Waals surface area contributed by atoms with Gasteiger partial charge in [-0.25, -0.2) is 0 Å². The molecule has 0 radical (unpaired) electrons. The molecular formula is C17H36N2O4S. The molecule has 0 aromatic carbocycles. The summed E-state index contributed by atoms with van der Waals surface area (Å²) in [6.07, 6.45) is 7.93. The van der Waals surface area contributed by atoms with E-state index in [2.05, 4.69) is 10.2 Å². The molecule has 1 unspecified atom stereocenters. The van der Waals surface area contributed by atoms with E-state index in [4.69, 9.17) is 4.55 Å². The van der Waals surface area contributed by atoms with Gasteiger partial charge in [0, 0.05) is 13.0 Å². The Kier molecular flexibility index (Phi) is 13.2. The van der Waals surface area contributed by atoms with Crippen LogP contribution in [-0.4, -0.2) is 56.2 Å². The maximum Gasteiger partial charge on any atom is 0.267 e. The van der Waals surface area contributed by atoms with E-state index in [0.29, 0.717) is 19.3 Å². The minimum Gasteiger partial charge on any atom is -0.356 e. The zero-order valence-corrected chi connectivity index (χ0v) is 16.4. The van der Waals surface area contributed by atoms with Gasteiger partial charge in [-0.05, 0) is 46.3 Å². The number of unbranched alkanes of at least 4 members (excludes halogenated alkanes) is 4. The summed E-state index contributed by atoms with van der Waals surface area (Å²) in [6, 6.07) is 0. The molecule has 0 rings (SSSR count). The molecule has 24 heavy (non-hydrogen) atoms. The van der Waals surface area contributed by atoms with Crippen molar-refractivity contribution >= 4 is 16.0 Å². The molecule has 0 bridgehead atoms. The second kappa shape index (κ2) is 13.6.